The number of hydrogen-bond acceptors (Lipinski definition) is 9. The number of terminal acetylenes is 1. The molecule has 4 N–H and O–H groups in total. The normalized spacial score (nSPS) is 19.9. The number of aliphatic hydroxyl groups excluding tert-OH is 1. The summed E-state index contributed by atoms with van der Waals surface area (Å²) in [5, 5.41) is 22.9. The molecule has 12 heteroatoms. The summed E-state index contributed by atoms with van der Waals surface area (Å²) in [5.74, 6) is 2.02. The van der Waals surface area contributed by atoms with Gasteiger partial charge in [-0.15, -0.1) is 6.42 Å². The van der Waals surface area contributed by atoms with Crippen LogP contribution in [-0.2, 0) is 21.0 Å². The van der Waals surface area contributed by atoms with Crippen LogP contribution in [0.25, 0.3) is 0 Å². The second-order valence-electron chi connectivity index (χ2n) is 8.21. The Balaban J connectivity index is 1.46. The third-order valence-corrected chi connectivity index (χ3v) is 6.25. The number of benzene rings is 1. The van der Waals surface area contributed by atoms with Gasteiger partial charge in [0, 0.05) is 23.9 Å². The van der Waals surface area contributed by atoms with Crippen LogP contribution in [0.15, 0.2) is 49.1 Å². The van der Waals surface area contributed by atoms with Gasteiger partial charge in [0.25, 0.3) is 0 Å². The summed E-state index contributed by atoms with van der Waals surface area (Å²) in [4.78, 5) is 21.3. The molecule has 2 aromatic heterocycles. The highest BCUT2D eigenvalue weighted by atomic mass is 32.2. The standard InChI is InChI=1S/C23H24N6O5S/c1-2-15-4-3-5-16(10-15)12-29-9-8-20(28-29)22(31)18-11-25-14-26-23(18)27-19-7-6-17(21(19)30)13-34-35(24,32)33/h1,3-5,8-11,14,17,19,21,30H,6-7,12-13H2,(H2,24,32,33)(H,25,26,27)/t17-,19?,21-/m1/s1. The molecule has 0 amide bonds. The lowest BCUT2D eigenvalue weighted by Gasteiger charge is -2.21. The summed E-state index contributed by atoms with van der Waals surface area (Å²) in [5.41, 5.74) is 2.12. The van der Waals surface area contributed by atoms with Crippen molar-refractivity contribution in [2.45, 2.75) is 31.5 Å². The molecule has 1 saturated carbocycles. The fraction of sp³-hybridized carbons (Fsp3) is 0.304. The number of nitrogens with two attached hydrogens (primary N) is 1. The van der Waals surface area contributed by atoms with Gasteiger partial charge in [0.15, 0.2) is 0 Å². The third-order valence-electron chi connectivity index (χ3n) is 5.78. The van der Waals surface area contributed by atoms with Gasteiger partial charge in [0.05, 0.1) is 30.9 Å². The van der Waals surface area contributed by atoms with E-state index in [-0.39, 0.29) is 29.5 Å². The van der Waals surface area contributed by atoms with Crippen LogP contribution in [0.2, 0.25) is 0 Å². The van der Waals surface area contributed by atoms with Gasteiger partial charge in [-0.25, -0.2) is 15.1 Å². The lowest BCUT2D eigenvalue weighted by Crippen LogP contribution is -2.35. The molecule has 1 aromatic carbocycles. The van der Waals surface area contributed by atoms with Crippen LogP contribution in [0.5, 0.6) is 0 Å². The number of nitrogens with zero attached hydrogens (tertiary/aromatic N) is 4. The van der Waals surface area contributed by atoms with E-state index in [4.69, 9.17) is 11.6 Å². The van der Waals surface area contributed by atoms with E-state index in [1.807, 2.05) is 24.3 Å². The van der Waals surface area contributed by atoms with Gasteiger partial charge in [-0.3, -0.25) is 13.7 Å². The van der Waals surface area contributed by atoms with Gasteiger partial charge in [0.1, 0.15) is 17.8 Å². The molecule has 0 saturated heterocycles. The Morgan fingerprint density at radius 2 is 2.17 bits per heavy atom. The van der Waals surface area contributed by atoms with Gasteiger partial charge in [0.2, 0.25) is 5.78 Å². The molecule has 11 nitrogen and oxygen atoms in total. The summed E-state index contributed by atoms with van der Waals surface area (Å²) < 4.78 is 28.3. The van der Waals surface area contributed by atoms with E-state index in [2.05, 4.69) is 30.5 Å². The average Bonchev–Trinajstić information content (AvgIpc) is 3.44. The molecule has 1 aliphatic carbocycles. The number of ketones is 1. The van der Waals surface area contributed by atoms with Crippen molar-refractivity contribution in [1.82, 2.24) is 19.7 Å². The number of aliphatic hydroxyl groups is 1. The Kier molecular flexibility index (Phi) is 7.23. The fourth-order valence-corrected chi connectivity index (χ4v) is 4.39. The Hall–Kier alpha value is -3.63. The van der Waals surface area contributed by atoms with E-state index in [1.165, 1.54) is 12.5 Å². The Labute approximate surface area is 202 Å². The molecule has 0 bridgehead atoms. The van der Waals surface area contributed by atoms with Crippen LogP contribution in [0.1, 0.15) is 40.0 Å². The van der Waals surface area contributed by atoms with Crippen molar-refractivity contribution in [3.05, 3.63) is 71.4 Å². The zero-order chi connectivity index (χ0) is 25.0. The highest BCUT2D eigenvalue weighted by molar-refractivity contribution is 7.84. The number of anilines is 1. The lowest BCUT2D eigenvalue weighted by molar-refractivity contribution is 0.0936. The molecule has 0 aliphatic heterocycles. The smallest absolute Gasteiger partial charge is 0.333 e. The Morgan fingerprint density at radius 3 is 2.94 bits per heavy atom. The Morgan fingerprint density at radius 1 is 1.34 bits per heavy atom. The third kappa shape index (κ3) is 6.09. The highest BCUT2D eigenvalue weighted by Gasteiger charge is 2.36. The van der Waals surface area contributed by atoms with Crippen molar-refractivity contribution in [2.75, 3.05) is 11.9 Å². The van der Waals surface area contributed by atoms with E-state index in [0.717, 1.165) is 11.1 Å². The van der Waals surface area contributed by atoms with E-state index in [1.54, 1.807) is 16.9 Å². The molecule has 35 heavy (non-hydrogen) atoms. The van der Waals surface area contributed by atoms with Gasteiger partial charge in [-0.05, 0) is 36.6 Å². The molecular formula is C23H24N6O5S. The van der Waals surface area contributed by atoms with Crippen LogP contribution in [0, 0.1) is 18.3 Å². The van der Waals surface area contributed by atoms with Gasteiger partial charge >= 0.3 is 10.3 Å². The zero-order valence-electron chi connectivity index (χ0n) is 18.6. The first-order valence-electron chi connectivity index (χ1n) is 10.8. The summed E-state index contributed by atoms with van der Waals surface area (Å²) >= 11 is 0. The van der Waals surface area contributed by atoms with Crippen LogP contribution < -0.4 is 10.5 Å². The first-order chi connectivity index (χ1) is 16.7. The number of aromatic nitrogens is 4. The fourth-order valence-electron chi connectivity index (χ4n) is 4.03. The summed E-state index contributed by atoms with van der Waals surface area (Å²) in [6, 6.07) is 8.64. The minimum Gasteiger partial charge on any atom is -0.391 e. The summed E-state index contributed by atoms with van der Waals surface area (Å²) in [7, 11) is -4.10. The van der Waals surface area contributed by atoms with Gasteiger partial charge in [-0.1, -0.05) is 18.1 Å². The van der Waals surface area contributed by atoms with Crippen molar-refractivity contribution < 1.29 is 22.5 Å². The molecule has 1 aliphatic rings. The van der Waals surface area contributed by atoms with Gasteiger partial charge < -0.3 is 10.4 Å². The molecular weight excluding hydrogens is 472 g/mol. The maximum absolute atomic E-state index is 13.2. The Bertz CT molecular complexity index is 1370. The van der Waals surface area contributed by atoms with Crippen molar-refractivity contribution in [3.8, 4) is 12.3 Å². The lowest BCUT2D eigenvalue weighted by atomic mass is 10.1. The molecule has 3 aromatic rings. The topological polar surface area (TPSA) is 162 Å². The number of rotatable bonds is 9. The summed E-state index contributed by atoms with van der Waals surface area (Å²) in [6.45, 7) is 0.213. The van der Waals surface area contributed by atoms with E-state index in [0.29, 0.717) is 19.4 Å². The number of carbonyl (C=O) groups excluding carboxylic acids is 1. The average molecular weight is 497 g/mol. The molecule has 1 unspecified atom stereocenters. The SMILES string of the molecule is C#Cc1cccc(Cn2ccc(C(=O)c3cncnc3NC3CC[C@H](COS(N)(=O)=O)[C@H]3O)n2)c1. The zero-order valence-corrected chi connectivity index (χ0v) is 19.4. The number of hydrogen-bond donors (Lipinski definition) is 3. The first kappa shape index (κ1) is 24.5. The first-order valence-corrected chi connectivity index (χ1v) is 12.3. The summed E-state index contributed by atoms with van der Waals surface area (Å²) in [6.07, 6.45) is 9.93. The predicted octanol–water partition coefficient (Wildman–Crippen LogP) is 0.705. The maximum Gasteiger partial charge on any atom is 0.333 e. The van der Waals surface area contributed by atoms with Crippen molar-refractivity contribution in [1.29, 1.82) is 0 Å². The highest BCUT2D eigenvalue weighted by Crippen LogP contribution is 2.30. The van der Waals surface area contributed by atoms with E-state index >= 15 is 0 Å². The van der Waals surface area contributed by atoms with Crippen LogP contribution >= 0.6 is 0 Å². The molecule has 1 fully saturated rings. The quantitative estimate of drug-likeness (QED) is 0.286. The van der Waals surface area contributed by atoms with Crippen molar-refractivity contribution in [3.63, 3.8) is 0 Å². The minimum absolute atomic E-state index is 0.198. The number of carbonyl (C=O) groups is 1. The van der Waals surface area contributed by atoms with Crippen LogP contribution in [0.4, 0.5) is 5.82 Å². The number of nitrogens with one attached hydrogen (secondary N) is 1. The van der Waals surface area contributed by atoms with E-state index < -0.39 is 28.4 Å². The van der Waals surface area contributed by atoms with Crippen LogP contribution in [-0.4, -0.2) is 57.8 Å². The molecule has 4 rings (SSSR count). The molecule has 0 radical (unpaired) electrons. The van der Waals surface area contributed by atoms with Crippen LogP contribution in [0.3, 0.4) is 0 Å². The second-order valence-corrected chi connectivity index (χ2v) is 9.43. The minimum atomic E-state index is -4.10. The van der Waals surface area contributed by atoms with Crippen molar-refractivity contribution in [2.24, 2.45) is 11.1 Å². The molecule has 2 heterocycles. The molecule has 182 valence electrons. The molecule has 0 spiro atoms. The molecule has 3 atom stereocenters. The van der Waals surface area contributed by atoms with Gasteiger partial charge in [-0.2, -0.15) is 13.5 Å². The monoisotopic (exact) mass is 496 g/mol. The second kappa shape index (κ2) is 10.3. The maximum atomic E-state index is 13.2. The largest absolute Gasteiger partial charge is 0.391 e. The van der Waals surface area contributed by atoms with Crippen molar-refractivity contribution >= 4 is 21.9 Å². The van der Waals surface area contributed by atoms with E-state index in [9.17, 15) is 18.3 Å². The predicted molar refractivity (Wildman–Crippen MR) is 126 cm³/mol.